The van der Waals surface area contributed by atoms with Crippen molar-refractivity contribution in [3.05, 3.63) is 0 Å². The number of hydrogen-bond donors (Lipinski definition) is 4. The third kappa shape index (κ3) is 6.47. The van der Waals surface area contributed by atoms with Crippen molar-refractivity contribution in [2.45, 2.75) is 43.8 Å². The lowest BCUT2D eigenvalue weighted by Crippen LogP contribution is -2.23. The predicted octanol–water partition coefficient (Wildman–Crippen LogP) is 0.991. The lowest BCUT2D eigenvalue weighted by molar-refractivity contribution is -0.162. The molecule has 114 valence electrons. The van der Waals surface area contributed by atoms with Crippen LogP contribution in [0.15, 0.2) is 0 Å². The van der Waals surface area contributed by atoms with E-state index in [-0.39, 0.29) is 25.7 Å². The van der Waals surface area contributed by atoms with Gasteiger partial charge in [-0.1, -0.05) is 0 Å². The van der Waals surface area contributed by atoms with Crippen LogP contribution in [0, 0.1) is 0 Å². The molecule has 0 aliphatic carbocycles. The first-order chi connectivity index (χ1) is 8.71. The maximum atomic E-state index is 11.0. The molecule has 1 aliphatic heterocycles. The molecule has 19 heavy (non-hydrogen) atoms. The van der Waals surface area contributed by atoms with Gasteiger partial charge in [-0.3, -0.25) is 9.13 Å². The third-order valence-electron chi connectivity index (χ3n) is 2.82. The molecule has 1 atom stereocenters. The lowest BCUT2D eigenvalue weighted by Gasteiger charge is -2.23. The van der Waals surface area contributed by atoms with Crippen molar-refractivity contribution in [1.29, 1.82) is 0 Å². The molecule has 0 saturated carbocycles. The van der Waals surface area contributed by atoms with E-state index in [4.69, 9.17) is 29.0 Å². The van der Waals surface area contributed by atoms with Gasteiger partial charge in [0.05, 0.1) is 0 Å². The normalized spacial score (nSPS) is 21.8. The summed E-state index contributed by atoms with van der Waals surface area (Å²) in [6.07, 6.45) is 2.29. The Bertz CT molecular complexity index is 333. The Hall–Kier alpha value is 0.220. The van der Waals surface area contributed by atoms with E-state index in [1.807, 2.05) is 0 Å². The van der Waals surface area contributed by atoms with E-state index < -0.39 is 20.6 Å². The Balaban J connectivity index is 2.33. The molecule has 0 radical (unpaired) electrons. The van der Waals surface area contributed by atoms with E-state index in [0.29, 0.717) is 6.61 Å². The van der Waals surface area contributed by atoms with Crippen LogP contribution in [-0.2, 0) is 18.6 Å². The van der Waals surface area contributed by atoms with Crippen LogP contribution in [0.1, 0.15) is 32.1 Å². The largest absolute Gasteiger partial charge is 0.353 e. The molecule has 1 aliphatic rings. The summed E-state index contributed by atoms with van der Waals surface area (Å²) in [6, 6.07) is 0. The summed E-state index contributed by atoms with van der Waals surface area (Å²) in [6.45, 7) is 0.777. The maximum absolute atomic E-state index is 11.0. The van der Waals surface area contributed by atoms with Crippen molar-refractivity contribution in [2.24, 2.45) is 0 Å². The molecule has 0 aromatic rings. The summed E-state index contributed by atoms with van der Waals surface area (Å²) in [5.74, 6) is 0. The van der Waals surface area contributed by atoms with Crippen molar-refractivity contribution in [3.63, 3.8) is 0 Å². The molecular formula is C9H20O8P2. The fourth-order valence-electron chi connectivity index (χ4n) is 1.86. The Morgan fingerprint density at radius 3 is 2.26 bits per heavy atom. The fraction of sp³-hybridized carbons (Fsp3) is 1.00. The van der Waals surface area contributed by atoms with Crippen LogP contribution in [0.2, 0.25) is 0 Å². The van der Waals surface area contributed by atoms with Gasteiger partial charge in [-0.25, -0.2) is 0 Å². The first-order valence-electron chi connectivity index (χ1n) is 6.05. The summed E-state index contributed by atoms with van der Waals surface area (Å²) >= 11 is 0. The molecule has 1 heterocycles. The van der Waals surface area contributed by atoms with Gasteiger partial charge in [-0.15, -0.1) is 0 Å². The lowest BCUT2D eigenvalue weighted by atomic mass is 10.2. The zero-order valence-electron chi connectivity index (χ0n) is 10.4. The van der Waals surface area contributed by atoms with E-state index in [1.54, 1.807) is 0 Å². The van der Waals surface area contributed by atoms with Crippen LogP contribution < -0.4 is 0 Å². The molecule has 0 spiro atoms. The molecule has 10 heteroatoms. The highest BCUT2D eigenvalue weighted by Crippen LogP contribution is 2.61. The molecule has 1 rings (SSSR count). The summed E-state index contributed by atoms with van der Waals surface area (Å²) in [5, 5.41) is -1.95. The third-order valence-corrected chi connectivity index (χ3v) is 6.70. The van der Waals surface area contributed by atoms with E-state index in [0.717, 1.165) is 19.3 Å². The molecule has 1 unspecified atom stereocenters. The van der Waals surface area contributed by atoms with Gasteiger partial charge in [-0.05, 0) is 32.1 Å². The van der Waals surface area contributed by atoms with Gasteiger partial charge in [0.2, 0.25) is 0 Å². The quantitative estimate of drug-likeness (QED) is 0.403. The average molecular weight is 318 g/mol. The maximum Gasteiger partial charge on any atom is 0.340 e. The van der Waals surface area contributed by atoms with Crippen LogP contribution in [-0.4, -0.2) is 44.5 Å². The van der Waals surface area contributed by atoms with Gasteiger partial charge < -0.3 is 29.0 Å². The van der Waals surface area contributed by atoms with E-state index in [2.05, 4.69) is 0 Å². The van der Waals surface area contributed by atoms with Crippen LogP contribution in [0.3, 0.4) is 0 Å². The second-order valence-corrected chi connectivity index (χ2v) is 8.48. The molecular weight excluding hydrogens is 298 g/mol. The SMILES string of the molecule is O=P(O)(O)C(CCCOC1CCCCO1)P(=O)(O)O. The first kappa shape index (κ1) is 17.3. The molecule has 8 nitrogen and oxygen atoms in total. The molecule has 0 bridgehead atoms. The summed E-state index contributed by atoms with van der Waals surface area (Å²) in [5.41, 5.74) is 0. The summed E-state index contributed by atoms with van der Waals surface area (Å²) in [7, 11) is -9.64. The highest BCUT2D eigenvalue weighted by molar-refractivity contribution is 7.70. The van der Waals surface area contributed by atoms with Crippen molar-refractivity contribution < 1.29 is 38.2 Å². The van der Waals surface area contributed by atoms with Gasteiger partial charge in [0.1, 0.15) is 0 Å². The van der Waals surface area contributed by atoms with Gasteiger partial charge in [0.15, 0.2) is 11.7 Å². The minimum atomic E-state index is -4.82. The standard InChI is InChI=1S/C9H20O8P2/c10-18(11,12)9(19(13,14)15)5-3-7-17-8-4-1-2-6-16-8/h8-9H,1-7H2,(H2,10,11,12)(H2,13,14,15). The predicted molar refractivity (Wildman–Crippen MR) is 66.7 cm³/mol. The van der Waals surface area contributed by atoms with Gasteiger partial charge in [0, 0.05) is 13.2 Å². The molecule has 4 N–H and O–H groups in total. The first-order valence-corrected chi connectivity index (χ1v) is 9.41. The molecule has 1 saturated heterocycles. The van der Waals surface area contributed by atoms with Crippen LogP contribution >= 0.6 is 15.2 Å². The highest BCUT2D eigenvalue weighted by Gasteiger charge is 2.42. The molecule has 1 fully saturated rings. The Labute approximate surface area is 111 Å². The van der Waals surface area contributed by atoms with E-state index in [1.165, 1.54) is 0 Å². The summed E-state index contributed by atoms with van der Waals surface area (Å²) < 4.78 is 32.6. The van der Waals surface area contributed by atoms with Gasteiger partial charge in [-0.2, -0.15) is 0 Å². The van der Waals surface area contributed by atoms with Crippen molar-refractivity contribution in [1.82, 2.24) is 0 Å². The van der Waals surface area contributed by atoms with Crippen molar-refractivity contribution in [3.8, 4) is 0 Å². The van der Waals surface area contributed by atoms with Crippen LogP contribution in [0.4, 0.5) is 0 Å². The van der Waals surface area contributed by atoms with Crippen molar-refractivity contribution >= 4 is 15.2 Å². The number of ether oxygens (including phenoxy) is 2. The Morgan fingerprint density at radius 1 is 1.16 bits per heavy atom. The minimum absolute atomic E-state index is 0.154. The van der Waals surface area contributed by atoms with Crippen LogP contribution in [0.5, 0.6) is 0 Å². The second kappa shape index (κ2) is 7.29. The number of rotatable bonds is 7. The zero-order chi connectivity index (χ0) is 14.5. The Morgan fingerprint density at radius 2 is 1.79 bits per heavy atom. The topological polar surface area (TPSA) is 134 Å². The molecule has 0 aromatic carbocycles. The minimum Gasteiger partial charge on any atom is -0.353 e. The average Bonchev–Trinajstić information content (AvgIpc) is 2.26. The second-order valence-electron chi connectivity index (χ2n) is 4.47. The fourth-order valence-corrected chi connectivity index (χ4v) is 4.46. The van der Waals surface area contributed by atoms with Crippen LogP contribution in [0.25, 0.3) is 0 Å². The zero-order valence-corrected chi connectivity index (χ0v) is 12.2. The number of hydrogen-bond acceptors (Lipinski definition) is 4. The van der Waals surface area contributed by atoms with Gasteiger partial charge in [0.25, 0.3) is 0 Å². The van der Waals surface area contributed by atoms with Crippen molar-refractivity contribution in [2.75, 3.05) is 13.2 Å². The smallest absolute Gasteiger partial charge is 0.340 e. The van der Waals surface area contributed by atoms with Gasteiger partial charge >= 0.3 is 15.2 Å². The molecule has 0 amide bonds. The van der Waals surface area contributed by atoms with E-state index >= 15 is 0 Å². The monoisotopic (exact) mass is 318 g/mol. The molecule has 0 aromatic heterocycles. The summed E-state index contributed by atoms with van der Waals surface area (Å²) in [4.78, 5) is 35.7. The van der Waals surface area contributed by atoms with E-state index in [9.17, 15) is 9.13 Å². The Kier molecular flexibility index (Phi) is 6.63. The highest BCUT2D eigenvalue weighted by atomic mass is 31.2.